The fraction of sp³-hybridized carbons (Fsp3) is 0.312. The fourth-order valence-corrected chi connectivity index (χ4v) is 7.47. The van der Waals surface area contributed by atoms with Crippen LogP contribution < -0.4 is 4.74 Å². The van der Waals surface area contributed by atoms with Gasteiger partial charge in [-0.25, -0.2) is 0 Å². The maximum Gasteiger partial charge on any atom is 0.233 e. The van der Waals surface area contributed by atoms with Crippen molar-refractivity contribution in [3.63, 3.8) is 0 Å². The molecule has 2 aromatic carbocycles. The van der Waals surface area contributed by atoms with E-state index in [4.69, 9.17) is 4.74 Å². The van der Waals surface area contributed by atoms with Crippen molar-refractivity contribution in [2.45, 2.75) is 32.1 Å². The molecule has 3 aliphatic carbocycles. The second-order valence-electron chi connectivity index (χ2n) is 11.0. The van der Waals surface area contributed by atoms with Gasteiger partial charge in [-0.15, -0.1) is 0 Å². The monoisotopic (exact) mass is 665 g/mol. The smallest absolute Gasteiger partial charge is 0.233 e. The molecular weight excluding hydrogens is 637 g/mol. The summed E-state index contributed by atoms with van der Waals surface area (Å²) in [4.78, 5) is 55.6. The SMILES string of the molecule is COc1cc([C@H]2C3=CC[C@@H]4C(=O)N(CCc5ccc(O)cc5)C(=O)[C@@H]4[C@@H]3CC3=C2C(=O)C(C)=CC3=O)cc(I)c1O. The molecule has 0 saturated carbocycles. The number of methoxy groups -OCH3 is 1. The predicted octanol–water partition coefficient (Wildman–Crippen LogP) is 4.38. The number of benzene rings is 2. The minimum Gasteiger partial charge on any atom is -0.508 e. The molecule has 0 unspecified atom stereocenters. The molecule has 9 heteroatoms. The molecule has 0 spiro atoms. The lowest BCUT2D eigenvalue weighted by atomic mass is 9.59. The molecule has 210 valence electrons. The third-order valence-corrected chi connectivity index (χ3v) is 9.64. The number of rotatable bonds is 5. The van der Waals surface area contributed by atoms with E-state index in [0.29, 0.717) is 38.7 Å². The lowest BCUT2D eigenvalue weighted by Gasteiger charge is -2.42. The van der Waals surface area contributed by atoms with Gasteiger partial charge in [0, 0.05) is 29.2 Å². The molecule has 2 amide bonds. The van der Waals surface area contributed by atoms with Gasteiger partial charge in [0.2, 0.25) is 11.8 Å². The van der Waals surface area contributed by atoms with Crippen molar-refractivity contribution in [3.8, 4) is 17.2 Å². The normalized spacial score (nSPS) is 25.5. The molecular formula is C32H28INO7. The highest BCUT2D eigenvalue weighted by atomic mass is 127. The fourth-order valence-electron chi connectivity index (χ4n) is 6.85. The molecule has 0 bridgehead atoms. The standard InChI is InChI=1S/C32H28INO7/c1-15-11-24(36)22-14-21-19(26(28(22)29(15)37)17-12-23(33)30(38)25(13-17)41-2)7-8-20-27(21)32(40)34(31(20)39)10-9-16-3-5-18(35)6-4-16/h3-7,11-13,20-21,26-27,35,38H,8-10,14H2,1-2H3/t20-,21+,26-,27-/m0/s1. The third kappa shape index (κ3) is 4.41. The van der Waals surface area contributed by atoms with Crippen LogP contribution in [0.2, 0.25) is 0 Å². The van der Waals surface area contributed by atoms with Crippen molar-refractivity contribution in [3.05, 3.63) is 85.5 Å². The van der Waals surface area contributed by atoms with Gasteiger partial charge in [-0.2, -0.15) is 0 Å². The Kier molecular flexibility index (Phi) is 6.88. The topological polar surface area (TPSA) is 121 Å². The van der Waals surface area contributed by atoms with E-state index in [1.807, 2.05) is 28.7 Å². The summed E-state index contributed by atoms with van der Waals surface area (Å²) in [5.41, 5.74) is 3.58. The molecule has 4 aliphatic rings. The number of ketones is 2. The summed E-state index contributed by atoms with van der Waals surface area (Å²) in [6.45, 7) is 1.85. The largest absolute Gasteiger partial charge is 0.508 e. The number of Topliss-reactive ketones (excluding diaryl/α,β-unsaturated/α-hetero) is 1. The van der Waals surface area contributed by atoms with E-state index in [-0.39, 0.29) is 53.6 Å². The Labute approximate surface area is 250 Å². The zero-order chi connectivity index (χ0) is 29.2. The van der Waals surface area contributed by atoms with E-state index in [1.165, 1.54) is 18.1 Å². The van der Waals surface area contributed by atoms with E-state index in [1.54, 1.807) is 43.3 Å². The summed E-state index contributed by atoms with van der Waals surface area (Å²) in [5, 5.41) is 20.1. The van der Waals surface area contributed by atoms with Crippen LogP contribution in [0, 0.1) is 21.3 Å². The number of amides is 2. The van der Waals surface area contributed by atoms with E-state index in [9.17, 15) is 29.4 Å². The second-order valence-corrected chi connectivity index (χ2v) is 12.2. The van der Waals surface area contributed by atoms with Crippen LogP contribution in [0.5, 0.6) is 17.2 Å². The Morgan fingerprint density at radius 1 is 1.02 bits per heavy atom. The van der Waals surface area contributed by atoms with Crippen LogP contribution in [0.25, 0.3) is 0 Å². The van der Waals surface area contributed by atoms with Crippen molar-refractivity contribution < 1.29 is 34.1 Å². The highest BCUT2D eigenvalue weighted by Gasteiger charge is 2.56. The average Bonchev–Trinajstić information content (AvgIpc) is 3.20. The maximum atomic E-state index is 13.9. The van der Waals surface area contributed by atoms with E-state index >= 15 is 0 Å². The summed E-state index contributed by atoms with van der Waals surface area (Å²) >= 11 is 2.00. The Morgan fingerprint density at radius 3 is 2.46 bits per heavy atom. The molecule has 2 aromatic rings. The molecule has 41 heavy (non-hydrogen) atoms. The lowest BCUT2D eigenvalue weighted by molar-refractivity contribution is -0.140. The molecule has 1 saturated heterocycles. The van der Waals surface area contributed by atoms with E-state index in [2.05, 4.69) is 0 Å². The first-order valence-electron chi connectivity index (χ1n) is 13.5. The van der Waals surface area contributed by atoms with Crippen molar-refractivity contribution >= 4 is 46.0 Å². The number of phenolic OH excluding ortho intramolecular Hbond substituents is 2. The predicted molar refractivity (Wildman–Crippen MR) is 157 cm³/mol. The maximum absolute atomic E-state index is 13.9. The van der Waals surface area contributed by atoms with Gasteiger partial charge in [0.15, 0.2) is 23.1 Å². The highest BCUT2D eigenvalue weighted by molar-refractivity contribution is 14.1. The van der Waals surface area contributed by atoms with Crippen LogP contribution in [-0.2, 0) is 25.6 Å². The van der Waals surface area contributed by atoms with Gasteiger partial charge in [-0.05, 0) is 96.2 Å². The number of carbonyl (C=O) groups excluding carboxylic acids is 4. The van der Waals surface area contributed by atoms with Crippen molar-refractivity contribution in [2.75, 3.05) is 13.7 Å². The molecule has 2 N–H and O–H groups in total. The van der Waals surface area contributed by atoms with Gasteiger partial charge in [0.05, 0.1) is 22.5 Å². The Bertz CT molecular complexity index is 1620. The van der Waals surface area contributed by atoms with Gasteiger partial charge in [0.25, 0.3) is 0 Å². The number of likely N-dealkylation sites (tertiary alicyclic amines) is 1. The Balaban J connectivity index is 1.40. The first kappa shape index (κ1) is 27.4. The zero-order valence-electron chi connectivity index (χ0n) is 22.5. The van der Waals surface area contributed by atoms with Crippen molar-refractivity contribution in [1.82, 2.24) is 4.90 Å². The number of halogens is 1. The van der Waals surface area contributed by atoms with E-state index in [0.717, 1.165) is 11.1 Å². The summed E-state index contributed by atoms with van der Waals surface area (Å²) in [5.74, 6) is -2.73. The van der Waals surface area contributed by atoms with Crippen LogP contribution in [-0.4, -0.2) is 52.1 Å². The van der Waals surface area contributed by atoms with Crippen LogP contribution in [0.15, 0.2) is 70.8 Å². The minimum absolute atomic E-state index is 0.0148. The molecule has 0 radical (unpaired) electrons. The quantitative estimate of drug-likeness (QED) is 0.211. The zero-order valence-corrected chi connectivity index (χ0v) is 24.7. The van der Waals surface area contributed by atoms with Gasteiger partial charge >= 0.3 is 0 Å². The third-order valence-electron chi connectivity index (χ3n) is 8.82. The number of ether oxygens (including phenoxy) is 1. The highest BCUT2D eigenvalue weighted by Crippen LogP contribution is 2.55. The van der Waals surface area contributed by atoms with Crippen LogP contribution in [0.4, 0.5) is 0 Å². The molecule has 1 fully saturated rings. The molecule has 1 aliphatic heterocycles. The second kappa shape index (κ2) is 10.3. The number of imide groups is 1. The molecule has 8 nitrogen and oxygen atoms in total. The lowest BCUT2D eigenvalue weighted by Crippen LogP contribution is -2.40. The molecule has 1 heterocycles. The first-order valence-corrected chi connectivity index (χ1v) is 14.6. The van der Waals surface area contributed by atoms with E-state index < -0.39 is 23.7 Å². The van der Waals surface area contributed by atoms with Gasteiger partial charge in [-0.1, -0.05) is 23.8 Å². The number of nitrogens with zero attached hydrogens (tertiary/aromatic N) is 1. The van der Waals surface area contributed by atoms with Crippen LogP contribution >= 0.6 is 22.6 Å². The van der Waals surface area contributed by atoms with Gasteiger partial charge in [0.1, 0.15) is 5.75 Å². The van der Waals surface area contributed by atoms with Crippen molar-refractivity contribution in [2.24, 2.45) is 17.8 Å². The minimum atomic E-state index is -0.633. The number of hydrogen-bond donors (Lipinski definition) is 2. The number of aromatic hydroxyl groups is 2. The van der Waals surface area contributed by atoms with Crippen LogP contribution in [0.3, 0.4) is 0 Å². The number of allylic oxidation sites excluding steroid dienone is 6. The number of fused-ring (bicyclic) bond motifs is 3. The molecule has 6 rings (SSSR count). The summed E-state index contributed by atoms with van der Waals surface area (Å²) < 4.78 is 5.94. The number of phenols is 2. The summed E-state index contributed by atoms with van der Waals surface area (Å²) in [6, 6.07) is 10.1. The molecule has 0 aromatic heterocycles. The van der Waals surface area contributed by atoms with Gasteiger partial charge < -0.3 is 14.9 Å². The summed E-state index contributed by atoms with van der Waals surface area (Å²) in [6.07, 6.45) is 4.37. The van der Waals surface area contributed by atoms with Crippen molar-refractivity contribution in [1.29, 1.82) is 0 Å². The number of carbonyl (C=O) groups is 4. The number of hydrogen-bond acceptors (Lipinski definition) is 7. The average molecular weight is 665 g/mol. The first-order chi connectivity index (χ1) is 19.6. The Morgan fingerprint density at radius 2 is 1.76 bits per heavy atom. The van der Waals surface area contributed by atoms with Gasteiger partial charge in [-0.3, -0.25) is 24.1 Å². The summed E-state index contributed by atoms with van der Waals surface area (Å²) in [7, 11) is 1.45. The van der Waals surface area contributed by atoms with Crippen LogP contribution in [0.1, 0.15) is 36.8 Å². The Hall–Kier alpha value is -3.73. The molecule has 4 atom stereocenters.